The third-order valence-electron chi connectivity index (χ3n) is 4.49. The number of benzene rings is 2. The Morgan fingerprint density at radius 2 is 1.62 bits per heavy atom. The van der Waals surface area contributed by atoms with Crippen LogP contribution in [0.25, 0.3) is 0 Å². The topological polar surface area (TPSA) is 0 Å². The van der Waals surface area contributed by atoms with Crippen molar-refractivity contribution in [1.29, 1.82) is 0 Å². The van der Waals surface area contributed by atoms with Gasteiger partial charge in [-0.1, -0.05) is 54.6 Å². The minimum atomic E-state index is 0.507. The highest BCUT2D eigenvalue weighted by atomic mass is 32.1. The summed E-state index contributed by atoms with van der Waals surface area (Å²) in [6, 6.07) is 22.2. The van der Waals surface area contributed by atoms with Crippen LogP contribution in [-0.4, -0.2) is 0 Å². The van der Waals surface area contributed by atoms with Gasteiger partial charge < -0.3 is 0 Å². The van der Waals surface area contributed by atoms with Crippen molar-refractivity contribution in [2.45, 2.75) is 25.2 Å². The minimum absolute atomic E-state index is 0.507. The summed E-state index contributed by atoms with van der Waals surface area (Å²) in [5.74, 6) is 0.507. The fourth-order valence-electron chi connectivity index (χ4n) is 3.45. The molecule has 1 aliphatic rings. The second-order valence-electron chi connectivity index (χ2n) is 5.74. The summed E-state index contributed by atoms with van der Waals surface area (Å²) < 4.78 is 0. The lowest BCUT2D eigenvalue weighted by atomic mass is 9.85. The molecule has 0 spiro atoms. The zero-order valence-corrected chi connectivity index (χ0v) is 12.8. The highest BCUT2D eigenvalue weighted by molar-refractivity contribution is 7.10. The average Bonchev–Trinajstić information content (AvgIpc) is 2.95. The van der Waals surface area contributed by atoms with E-state index in [1.807, 2.05) is 11.3 Å². The maximum atomic E-state index is 2.34. The fourth-order valence-corrected chi connectivity index (χ4v) is 4.40. The molecule has 0 saturated heterocycles. The van der Waals surface area contributed by atoms with E-state index in [0.717, 1.165) is 6.42 Å². The number of aryl methyl sites for hydroxylation is 2. The van der Waals surface area contributed by atoms with Crippen LogP contribution in [0.3, 0.4) is 0 Å². The molecule has 1 aromatic heterocycles. The van der Waals surface area contributed by atoms with Crippen LogP contribution in [0, 0.1) is 0 Å². The molecule has 0 fully saturated rings. The van der Waals surface area contributed by atoms with Crippen LogP contribution in [0.15, 0.2) is 66.0 Å². The molecule has 3 aromatic rings. The van der Waals surface area contributed by atoms with Gasteiger partial charge in [0.05, 0.1) is 0 Å². The molecule has 104 valence electrons. The first kappa shape index (κ1) is 12.8. The number of rotatable bonds is 2. The van der Waals surface area contributed by atoms with Crippen molar-refractivity contribution < 1.29 is 0 Å². The van der Waals surface area contributed by atoms with Gasteiger partial charge in [-0.05, 0) is 53.0 Å². The lowest BCUT2D eigenvalue weighted by Gasteiger charge is -2.19. The van der Waals surface area contributed by atoms with E-state index in [2.05, 4.69) is 66.0 Å². The van der Waals surface area contributed by atoms with Gasteiger partial charge in [-0.15, -0.1) is 11.3 Å². The lowest BCUT2D eigenvalue weighted by Crippen LogP contribution is -2.06. The van der Waals surface area contributed by atoms with E-state index in [9.17, 15) is 0 Å². The van der Waals surface area contributed by atoms with Crippen molar-refractivity contribution in [2.75, 3.05) is 0 Å². The van der Waals surface area contributed by atoms with Gasteiger partial charge in [0.2, 0.25) is 0 Å². The Kier molecular flexibility index (Phi) is 3.36. The molecule has 0 bridgehead atoms. The molecule has 0 saturated carbocycles. The summed E-state index contributed by atoms with van der Waals surface area (Å²) >= 11 is 1.92. The van der Waals surface area contributed by atoms with E-state index in [1.54, 1.807) is 10.4 Å². The van der Waals surface area contributed by atoms with Gasteiger partial charge >= 0.3 is 0 Å². The third-order valence-corrected chi connectivity index (χ3v) is 5.49. The lowest BCUT2D eigenvalue weighted by molar-refractivity contribution is 0.803. The summed E-state index contributed by atoms with van der Waals surface area (Å²) in [5.41, 5.74) is 6.03. The molecule has 0 aliphatic heterocycles. The third kappa shape index (κ3) is 2.43. The van der Waals surface area contributed by atoms with E-state index in [0.29, 0.717) is 5.92 Å². The van der Waals surface area contributed by atoms with Crippen molar-refractivity contribution >= 4 is 11.3 Å². The molecule has 1 atom stereocenters. The summed E-state index contributed by atoms with van der Waals surface area (Å²) in [6.45, 7) is 0. The standard InChI is InChI=1S/C20H18S/c1-2-6-15(7-3-1)14-19-17-9-5-4-8-16(17)10-11-20-18(19)12-13-21-20/h1-9,12-13,19H,10-11,14H2. The maximum absolute atomic E-state index is 2.34. The fraction of sp³-hybridized carbons (Fsp3) is 0.200. The van der Waals surface area contributed by atoms with Crippen LogP contribution >= 0.6 is 11.3 Å². The maximum Gasteiger partial charge on any atom is 0.0143 e. The van der Waals surface area contributed by atoms with Gasteiger partial charge in [0.25, 0.3) is 0 Å². The number of thiophene rings is 1. The number of fused-ring (bicyclic) bond motifs is 2. The molecule has 1 unspecified atom stereocenters. The normalized spacial score (nSPS) is 16.9. The van der Waals surface area contributed by atoms with E-state index in [-0.39, 0.29) is 0 Å². The second kappa shape index (κ2) is 5.50. The Balaban J connectivity index is 1.81. The Bertz CT molecular complexity index is 739. The highest BCUT2D eigenvalue weighted by Crippen LogP contribution is 2.38. The first-order valence-corrected chi connectivity index (χ1v) is 8.48. The number of hydrogen-bond donors (Lipinski definition) is 0. The number of hydrogen-bond acceptors (Lipinski definition) is 1. The summed E-state index contributed by atoms with van der Waals surface area (Å²) in [4.78, 5) is 1.58. The van der Waals surface area contributed by atoms with E-state index in [4.69, 9.17) is 0 Å². The average molecular weight is 290 g/mol. The van der Waals surface area contributed by atoms with Crippen LogP contribution in [0.5, 0.6) is 0 Å². The molecule has 1 aliphatic carbocycles. The molecule has 1 heterocycles. The highest BCUT2D eigenvalue weighted by Gasteiger charge is 2.24. The van der Waals surface area contributed by atoms with Crippen LogP contribution in [0.1, 0.15) is 33.0 Å². The van der Waals surface area contributed by atoms with Gasteiger partial charge in [-0.2, -0.15) is 0 Å². The minimum Gasteiger partial charge on any atom is -0.149 e. The van der Waals surface area contributed by atoms with Gasteiger partial charge in [-0.25, -0.2) is 0 Å². The Labute approximate surface area is 130 Å². The molecular weight excluding hydrogens is 272 g/mol. The van der Waals surface area contributed by atoms with Crippen LogP contribution < -0.4 is 0 Å². The quantitative estimate of drug-likeness (QED) is 0.607. The second-order valence-corrected chi connectivity index (χ2v) is 6.74. The van der Waals surface area contributed by atoms with Crippen molar-refractivity contribution in [3.63, 3.8) is 0 Å². The molecule has 2 aromatic carbocycles. The van der Waals surface area contributed by atoms with Gasteiger partial charge in [0.1, 0.15) is 0 Å². The molecular formula is C20H18S. The van der Waals surface area contributed by atoms with Crippen molar-refractivity contribution in [3.8, 4) is 0 Å². The van der Waals surface area contributed by atoms with Crippen LogP contribution in [-0.2, 0) is 19.3 Å². The zero-order valence-electron chi connectivity index (χ0n) is 12.0. The van der Waals surface area contributed by atoms with Gasteiger partial charge in [0, 0.05) is 10.8 Å². The predicted octanol–water partition coefficient (Wildman–Crippen LogP) is 5.22. The van der Waals surface area contributed by atoms with E-state index >= 15 is 0 Å². The molecule has 4 rings (SSSR count). The van der Waals surface area contributed by atoms with Crippen LogP contribution in [0.4, 0.5) is 0 Å². The molecule has 0 nitrogen and oxygen atoms in total. The molecule has 0 amide bonds. The van der Waals surface area contributed by atoms with E-state index in [1.165, 1.54) is 29.5 Å². The predicted molar refractivity (Wildman–Crippen MR) is 90.2 cm³/mol. The van der Waals surface area contributed by atoms with Gasteiger partial charge in [-0.3, -0.25) is 0 Å². The SMILES string of the molecule is c1ccc(CC2c3ccccc3CCc3sccc32)cc1. The monoisotopic (exact) mass is 290 g/mol. The molecule has 0 N–H and O–H groups in total. The zero-order chi connectivity index (χ0) is 14.1. The molecule has 21 heavy (non-hydrogen) atoms. The first-order valence-electron chi connectivity index (χ1n) is 7.60. The smallest absolute Gasteiger partial charge is 0.0143 e. The molecule has 0 radical (unpaired) electrons. The van der Waals surface area contributed by atoms with Crippen molar-refractivity contribution in [1.82, 2.24) is 0 Å². The van der Waals surface area contributed by atoms with Crippen LogP contribution in [0.2, 0.25) is 0 Å². The first-order chi connectivity index (χ1) is 10.4. The summed E-state index contributed by atoms with van der Waals surface area (Å²) in [5, 5.41) is 2.26. The van der Waals surface area contributed by atoms with Crippen molar-refractivity contribution in [2.24, 2.45) is 0 Å². The summed E-state index contributed by atoms with van der Waals surface area (Å²) in [6.07, 6.45) is 3.46. The molecule has 1 heteroatoms. The largest absolute Gasteiger partial charge is 0.149 e. The van der Waals surface area contributed by atoms with Gasteiger partial charge in [0.15, 0.2) is 0 Å². The Morgan fingerprint density at radius 1 is 0.810 bits per heavy atom. The Morgan fingerprint density at radius 3 is 2.52 bits per heavy atom. The van der Waals surface area contributed by atoms with E-state index < -0.39 is 0 Å². The summed E-state index contributed by atoms with van der Waals surface area (Å²) in [7, 11) is 0. The van der Waals surface area contributed by atoms with Crippen molar-refractivity contribution in [3.05, 3.63) is 93.2 Å². The Hall–Kier alpha value is -1.86.